The van der Waals surface area contributed by atoms with Crippen LogP contribution in [0.2, 0.25) is 0 Å². The summed E-state index contributed by atoms with van der Waals surface area (Å²) in [6.45, 7) is 0. The monoisotopic (exact) mass is 200 g/mol. The summed E-state index contributed by atoms with van der Waals surface area (Å²) in [5.74, 6) is 0.314. The smallest absolute Gasteiger partial charge is 0.263 e. The summed E-state index contributed by atoms with van der Waals surface area (Å²) in [5, 5.41) is 0.620. The molecule has 4 heteroatoms. The van der Waals surface area contributed by atoms with Crippen molar-refractivity contribution < 1.29 is 0 Å². The van der Waals surface area contributed by atoms with Crippen LogP contribution in [0.4, 0.5) is 5.95 Å². The highest BCUT2D eigenvalue weighted by Crippen LogP contribution is 2.35. The summed E-state index contributed by atoms with van der Waals surface area (Å²) in [6, 6.07) is 8.30. The van der Waals surface area contributed by atoms with Gasteiger partial charge in [-0.15, -0.1) is 0 Å². The lowest BCUT2D eigenvalue weighted by atomic mass is 10.2. The van der Waals surface area contributed by atoms with Gasteiger partial charge in [0.15, 0.2) is 0 Å². The zero-order valence-electron chi connectivity index (χ0n) is 8.10. The third-order valence-electron chi connectivity index (χ3n) is 2.69. The van der Waals surface area contributed by atoms with Crippen LogP contribution < -0.4 is 11.3 Å². The molecule has 1 aliphatic rings. The van der Waals surface area contributed by atoms with Crippen LogP contribution in [0, 0.1) is 6.07 Å². The van der Waals surface area contributed by atoms with Gasteiger partial charge in [-0.05, 0) is 31.0 Å². The van der Waals surface area contributed by atoms with Gasteiger partial charge in [0.05, 0.1) is 10.9 Å². The number of hydrogen-bond donors (Lipinski definition) is 1. The SMILES string of the molecule is Nc1nc2c[c]ccc2c(=O)n1C1CC1. The van der Waals surface area contributed by atoms with Crippen molar-refractivity contribution in [3.05, 3.63) is 34.6 Å². The maximum absolute atomic E-state index is 12.1. The largest absolute Gasteiger partial charge is 0.369 e. The molecule has 0 unspecified atom stereocenters. The fraction of sp³-hybridized carbons (Fsp3) is 0.273. The van der Waals surface area contributed by atoms with Crippen molar-refractivity contribution >= 4 is 16.9 Å². The molecular weight excluding hydrogens is 190 g/mol. The van der Waals surface area contributed by atoms with Crippen molar-refractivity contribution in [2.75, 3.05) is 5.73 Å². The third-order valence-corrected chi connectivity index (χ3v) is 2.69. The van der Waals surface area contributed by atoms with Gasteiger partial charge in [0.25, 0.3) is 5.56 Å². The highest BCUT2D eigenvalue weighted by Gasteiger charge is 2.27. The first kappa shape index (κ1) is 8.47. The number of anilines is 1. The maximum atomic E-state index is 12.1. The van der Waals surface area contributed by atoms with E-state index in [1.165, 1.54) is 0 Å². The lowest BCUT2D eigenvalue weighted by Crippen LogP contribution is -2.23. The Bertz CT molecular complexity index is 584. The molecular formula is C11H10N3O. The minimum atomic E-state index is -0.0333. The molecule has 0 atom stereocenters. The number of rotatable bonds is 1. The fourth-order valence-electron chi connectivity index (χ4n) is 1.79. The molecule has 0 aliphatic heterocycles. The molecule has 1 fully saturated rings. The van der Waals surface area contributed by atoms with Gasteiger partial charge in [0.2, 0.25) is 5.95 Å². The van der Waals surface area contributed by atoms with Crippen molar-refractivity contribution in [3.8, 4) is 0 Å². The van der Waals surface area contributed by atoms with E-state index >= 15 is 0 Å². The van der Waals surface area contributed by atoms with Crippen LogP contribution in [0.25, 0.3) is 10.9 Å². The molecule has 0 saturated heterocycles. The summed E-state index contributed by atoms with van der Waals surface area (Å²) >= 11 is 0. The van der Waals surface area contributed by atoms with Crippen LogP contribution in [0.15, 0.2) is 23.0 Å². The van der Waals surface area contributed by atoms with Crippen molar-refractivity contribution in [2.45, 2.75) is 18.9 Å². The molecule has 15 heavy (non-hydrogen) atoms. The number of nitrogens with two attached hydrogens (primary N) is 1. The number of benzene rings is 1. The molecule has 2 aromatic rings. The molecule has 3 rings (SSSR count). The third kappa shape index (κ3) is 1.21. The molecule has 1 saturated carbocycles. The van der Waals surface area contributed by atoms with Crippen LogP contribution in [-0.2, 0) is 0 Å². The Balaban J connectivity index is 2.41. The van der Waals surface area contributed by atoms with E-state index < -0.39 is 0 Å². The molecule has 0 amide bonds. The molecule has 0 bridgehead atoms. The standard InChI is InChI=1S/C11H10N3O/c12-11-13-9-4-2-1-3-8(9)10(15)14(11)7-5-6-7/h1,3-4,7H,5-6H2,(H2,12,13). The Hall–Kier alpha value is -1.84. The molecule has 1 heterocycles. The summed E-state index contributed by atoms with van der Waals surface area (Å²) in [7, 11) is 0. The van der Waals surface area contributed by atoms with E-state index in [1.807, 2.05) is 0 Å². The van der Waals surface area contributed by atoms with Gasteiger partial charge >= 0.3 is 0 Å². The van der Waals surface area contributed by atoms with Gasteiger partial charge in [-0.25, -0.2) is 4.98 Å². The van der Waals surface area contributed by atoms with E-state index in [2.05, 4.69) is 11.1 Å². The van der Waals surface area contributed by atoms with Crippen LogP contribution in [0.1, 0.15) is 18.9 Å². The molecule has 1 aromatic carbocycles. The number of fused-ring (bicyclic) bond motifs is 1. The van der Waals surface area contributed by atoms with Gasteiger partial charge < -0.3 is 5.73 Å². The van der Waals surface area contributed by atoms with Gasteiger partial charge in [-0.3, -0.25) is 9.36 Å². The summed E-state index contributed by atoms with van der Waals surface area (Å²) in [5.41, 5.74) is 6.36. The Morgan fingerprint density at radius 3 is 3.07 bits per heavy atom. The van der Waals surface area contributed by atoms with Crippen LogP contribution >= 0.6 is 0 Å². The van der Waals surface area contributed by atoms with E-state index in [9.17, 15) is 4.79 Å². The second kappa shape index (κ2) is 2.82. The highest BCUT2D eigenvalue weighted by molar-refractivity contribution is 5.78. The van der Waals surface area contributed by atoms with E-state index in [0.29, 0.717) is 16.9 Å². The molecule has 0 spiro atoms. The Morgan fingerprint density at radius 1 is 1.53 bits per heavy atom. The first-order chi connectivity index (χ1) is 7.27. The van der Waals surface area contributed by atoms with Crippen molar-refractivity contribution in [1.29, 1.82) is 0 Å². The number of hydrogen-bond acceptors (Lipinski definition) is 3. The molecule has 1 radical (unpaired) electrons. The molecule has 2 N–H and O–H groups in total. The number of aromatic nitrogens is 2. The van der Waals surface area contributed by atoms with Crippen LogP contribution in [0.3, 0.4) is 0 Å². The topological polar surface area (TPSA) is 60.9 Å². The zero-order chi connectivity index (χ0) is 10.4. The van der Waals surface area contributed by atoms with Gasteiger partial charge in [-0.2, -0.15) is 0 Å². The van der Waals surface area contributed by atoms with Gasteiger partial charge in [-0.1, -0.05) is 6.07 Å². The Morgan fingerprint density at radius 2 is 2.33 bits per heavy atom. The summed E-state index contributed by atoms with van der Waals surface area (Å²) in [6.07, 6.45) is 2.05. The quantitative estimate of drug-likeness (QED) is 0.750. The average molecular weight is 200 g/mol. The minimum Gasteiger partial charge on any atom is -0.369 e. The Kier molecular flexibility index (Phi) is 1.59. The van der Waals surface area contributed by atoms with E-state index in [1.54, 1.807) is 22.8 Å². The highest BCUT2D eigenvalue weighted by atomic mass is 16.1. The average Bonchev–Trinajstić information content (AvgIpc) is 3.02. The second-order valence-electron chi connectivity index (χ2n) is 3.82. The fourth-order valence-corrected chi connectivity index (χ4v) is 1.79. The summed E-state index contributed by atoms with van der Waals surface area (Å²) < 4.78 is 1.60. The van der Waals surface area contributed by atoms with Gasteiger partial charge in [0, 0.05) is 6.04 Å². The van der Waals surface area contributed by atoms with Gasteiger partial charge in [0.1, 0.15) is 0 Å². The lowest BCUT2D eigenvalue weighted by molar-refractivity contribution is 0.712. The Labute approximate surface area is 86.4 Å². The first-order valence-corrected chi connectivity index (χ1v) is 4.95. The van der Waals surface area contributed by atoms with E-state index in [4.69, 9.17) is 5.73 Å². The van der Waals surface area contributed by atoms with Crippen molar-refractivity contribution in [3.63, 3.8) is 0 Å². The lowest BCUT2D eigenvalue weighted by Gasteiger charge is -2.08. The number of nitrogen functional groups attached to an aromatic ring is 1. The minimum absolute atomic E-state index is 0.0333. The molecule has 75 valence electrons. The summed E-state index contributed by atoms with van der Waals surface area (Å²) in [4.78, 5) is 16.3. The predicted octanol–water partition coefficient (Wildman–Crippen LogP) is 1.11. The van der Waals surface area contributed by atoms with Crippen molar-refractivity contribution in [1.82, 2.24) is 9.55 Å². The maximum Gasteiger partial charge on any atom is 0.263 e. The molecule has 1 aliphatic carbocycles. The van der Waals surface area contributed by atoms with Crippen molar-refractivity contribution in [2.24, 2.45) is 0 Å². The zero-order valence-corrected chi connectivity index (χ0v) is 8.10. The van der Waals surface area contributed by atoms with E-state index in [0.717, 1.165) is 12.8 Å². The molecule has 1 aromatic heterocycles. The van der Waals surface area contributed by atoms with Crippen LogP contribution in [0.5, 0.6) is 0 Å². The first-order valence-electron chi connectivity index (χ1n) is 4.95. The number of nitrogens with zero attached hydrogens (tertiary/aromatic N) is 2. The normalized spacial score (nSPS) is 15.7. The van der Waals surface area contributed by atoms with E-state index in [-0.39, 0.29) is 11.6 Å². The molecule has 4 nitrogen and oxygen atoms in total. The predicted molar refractivity (Wildman–Crippen MR) is 57.5 cm³/mol. The van der Waals surface area contributed by atoms with Crippen LogP contribution in [-0.4, -0.2) is 9.55 Å². The second-order valence-corrected chi connectivity index (χ2v) is 3.82.